The molecule has 0 aromatic heterocycles. The molecule has 0 aromatic rings. The smallest absolute Gasteiger partial charge is 0.410 e. The molecule has 0 fully saturated rings. The van der Waals surface area contributed by atoms with E-state index >= 15 is 0 Å². The van der Waals surface area contributed by atoms with E-state index in [9.17, 15) is 4.79 Å². The lowest BCUT2D eigenvalue weighted by Gasteiger charge is -2.34. The molecule has 0 atom stereocenters. The quantitative estimate of drug-likeness (QED) is 0.707. The summed E-state index contributed by atoms with van der Waals surface area (Å²) in [7, 11) is 0. The molecule has 0 aliphatic rings. The van der Waals surface area contributed by atoms with Crippen LogP contribution in [0.25, 0.3) is 0 Å². The van der Waals surface area contributed by atoms with Crippen molar-refractivity contribution in [3.63, 3.8) is 0 Å². The largest absolute Gasteiger partial charge is 0.444 e. The Morgan fingerprint density at radius 2 is 1.76 bits per heavy atom. The molecule has 17 heavy (non-hydrogen) atoms. The predicted molar refractivity (Wildman–Crippen MR) is 70.7 cm³/mol. The van der Waals surface area contributed by atoms with Gasteiger partial charge in [0.05, 0.1) is 0 Å². The molecule has 0 spiro atoms. The number of carbonyl (C=O) groups excluding carboxylic acids is 1. The molecule has 0 saturated carbocycles. The van der Waals surface area contributed by atoms with E-state index in [4.69, 9.17) is 11.2 Å². The number of rotatable bonds is 3. The van der Waals surface area contributed by atoms with Crippen LogP contribution in [0.1, 0.15) is 48.5 Å². The van der Waals surface area contributed by atoms with Gasteiger partial charge in [-0.05, 0) is 48.5 Å². The molecule has 0 aromatic carbocycles. The Hall–Kier alpha value is -1.17. The fraction of sp³-hybridized carbons (Fsp3) is 0.786. The summed E-state index contributed by atoms with van der Waals surface area (Å²) < 4.78 is 5.37. The number of nitrogens with zero attached hydrogens (tertiary/aromatic N) is 1. The first kappa shape index (κ1) is 15.8. The van der Waals surface area contributed by atoms with Crippen molar-refractivity contribution in [3.05, 3.63) is 0 Å². The fourth-order valence-corrected chi connectivity index (χ4v) is 1.25. The van der Waals surface area contributed by atoms with Gasteiger partial charge in [-0.25, -0.2) is 4.79 Å². The number of carbonyl (C=O) groups is 1. The SMILES string of the molecule is C#CC(C)(C)CN(C(=O)OC(C)(C)C)C(C)C. The van der Waals surface area contributed by atoms with Crippen molar-refractivity contribution < 1.29 is 9.53 Å². The molecule has 0 radical (unpaired) electrons. The molecule has 98 valence electrons. The molecule has 0 heterocycles. The first-order valence-electron chi connectivity index (χ1n) is 5.96. The van der Waals surface area contributed by atoms with Crippen LogP contribution in [0, 0.1) is 17.8 Å². The van der Waals surface area contributed by atoms with E-state index in [1.807, 2.05) is 48.5 Å². The zero-order valence-electron chi connectivity index (χ0n) is 12.1. The van der Waals surface area contributed by atoms with Crippen LogP contribution in [0.3, 0.4) is 0 Å². The highest BCUT2D eigenvalue weighted by Crippen LogP contribution is 2.19. The first-order chi connectivity index (χ1) is 7.48. The summed E-state index contributed by atoms with van der Waals surface area (Å²) in [5, 5.41) is 0. The van der Waals surface area contributed by atoms with Gasteiger partial charge in [0.2, 0.25) is 0 Å². The molecule has 3 nitrogen and oxygen atoms in total. The van der Waals surface area contributed by atoms with Gasteiger partial charge in [0.15, 0.2) is 0 Å². The number of hydrogen-bond donors (Lipinski definition) is 0. The average Bonchev–Trinajstić information content (AvgIpc) is 2.11. The minimum Gasteiger partial charge on any atom is -0.444 e. The summed E-state index contributed by atoms with van der Waals surface area (Å²) in [6, 6.07) is 0.0671. The van der Waals surface area contributed by atoms with Crippen molar-refractivity contribution in [2.45, 2.75) is 60.1 Å². The van der Waals surface area contributed by atoms with E-state index in [2.05, 4.69) is 5.92 Å². The van der Waals surface area contributed by atoms with E-state index in [0.29, 0.717) is 6.54 Å². The zero-order valence-corrected chi connectivity index (χ0v) is 12.1. The molecule has 1 amide bonds. The van der Waals surface area contributed by atoms with Crippen LogP contribution in [0.5, 0.6) is 0 Å². The topological polar surface area (TPSA) is 29.5 Å². The third kappa shape index (κ3) is 6.21. The van der Waals surface area contributed by atoms with Crippen LogP contribution in [0.2, 0.25) is 0 Å². The second kappa shape index (κ2) is 5.44. The molecular formula is C14H25NO2. The van der Waals surface area contributed by atoms with Crippen molar-refractivity contribution in [1.29, 1.82) is 0 Å². The molecule has 0 aliphatic heterocycles. The van der Waals surface area contributed by atoms with Gasteiger partial charge in [-0.3, -0.25) is 0 Å². The van der Waals surface area contributed by atoms with Gasteiger partial charge < -0.3 is 9.64 Å². The van der Waals surface area contributed by atoms with E-state index in [0.717, 1.165) is 0 Å². The second-order valence-electron chi connectivity index (χ2n) is 6.23. The standard InChI is InChI=1S/C14H25NO2/c1-9-14(7,8)10-15(11(2)3)12(16)17-13(4,5)6/h1,11H,10H2,2-8H3. The maximum absolute atomic E-state index is 12.0. The van der Waals surface area contributed by atoms with Crippen LogP contribution in [-0.2, 0) is 4.74 Å². The number of terminal acetylenes is 1. The molecule has 3 heteroatoms. The van der Waals surface area contributed by atoms with Gasteiger partial charge in [0, 0.05) is 18.0 Å². The van der Waals surface area contributed by atoms with Gasteiger partial charge in [0.25, 0.3) is 0 Å². The normalized spacial score (nSPS) is 12.2. The lowest BCUT2D eigenvalue weighted by molar-refractivity contribution is 0.0141. The minimum absolute atomic E-state index is 0.0671. The zero-order chi connectivity index (χ0) is 13.9. The molecule has 0 rings (SSSR count). The highest BCUT2D eigenvalue weighted by molar-refractivity contribution is 5.68. The Labute approximate surface area is 106 Å². The van der Waals surface area contributed by atoms with Crippen LogP contribution < -0.4 is 0 Å². The van der Waals surface area contributed by atoms with Crippen molar-refractivity contribution in [3.8, 4) is 12.3 Å². The molecule has 0 bridgehead atoms. The number of hydrogen-bond acceptors (Lipinski definition) is 2. The van der Waals surface area contributed by atoms with Gasteiger partial charge in [-0.2, -0.15) is 0 Å². The minimum atomic E-state index is -0.482. The Morgan fingerprint density at radius 1 is 1.29 bits per heavy atom. The van der Waals surface area contributed by atoms with Crippen molar-refractivity contribution >= 4 is 6.09 Å². The number of amides is 1. The van der Waals surface area contributed by atoms with Gasteiger partial charge >= 0.3 is 6.09 Å². The second-order valence-corrected chi connectivity index (χ2v) is 6.23. The molecule has 0 N–H and O–H groups in total. The highest BCUT2D eigenvalue weighted by atomic mass is 16.6. The van der Waals surface area contributed by atoms with Gasteiger partial charge in [-0.1, -0.05) is 5.92 Å². The van der Waals surface area contributed by atoms with Gasteiger partial charge in [-0.15, -0.1) is 6.42 Å². The van der Waals surface area contributed by atoms with Crippen LogP contribution in [0.15, 0.2) is 0 Å². The van der Waals surface area contributed by atoms with E-state index in [1.165, 1.54) is 0 Å². The summed E-state index contributed by atoms with van der Waals surface area (Å²) in [6.07, 6.45) is 5.14. The highest BCUT2D eigenvalue weighted by Gasteiger charge is 2.28. The molecular weight excluding hydrogens is 214 g/mol. The fourth-order valence-electron chi connectivity index (χ4n) is 1.25. The van der Waals surface area contributed by atoms with Crippen molar-refractivity contribution in [1.82, 2.24) is 4.90 Å². The third-order valence-corrected chi connectivity index (χ3v) is 2.21. The maximum Gasteiger partial charge on any atom is 0.410 e. The first-order valence-corrected chi connectivity index (χ1v) is 5.96. The van der Waals surface area contributed by atoms with Crippen LogP contribution >= 0.6 is 0 Å². The van der Waals surface area contributed by atoms with E-state index < -0.39 is 5.60 Å². The summed E-state index contributed by atoms with van der Waals surface area (Å²) in [4.78, 5) is 13.7. The average molecular weight is 239 g/mol. The lowest BCUT2D eigenvalue weighted by Crippen LogP contribution is -2.45. The van der Waals surface area contributed by atoms with Crippen molar-refractivity contribution in [2.24, 2.45) is 5.41 Å². The van der Waals surface area contributed by atoms with E-state index in [1.54, 1.807) is 4.90 Å². The van der Waals surface area contributed by atoms with Gasteiger partial charge in [0.1, 0.15) is 5.60 Å². The summed E-state index contributed by atoms with van der Waals surface area (Å²) >= 11 is 0. The Morgan fingerprint density at radius 3 is 2.06 bits per heavy atom. The Kier molecular flexibility index (Phi) is 5.07. The third-order valence-electron chi connectivity index (χ3n) is 2.21. The summed E-state index contributed by atoms with van der Waals surface area (Å²) in [5.41, 5.74) is -0.828. The monoisotopic (exact) mass is 239 g/mol. The summed E-state index contributed by atoms with van der Waals surface area (Å²) in [5.74, 6) is 2.69. The van der Waals surface area contributed by atoms with E-state index in [-0.39, 0.29) is 17.6 Å². The van der Waals surface area contributed by atoms with Crippen molar-refractivity contribution in [2.75, 3.05) is 6.54 Å². The molecule has 0 aliphatic carbocycles. The lowest BCUT2D eigenvalue weighted by atomic mass is 9.94. The van der Waals surface area contributed by atoms with Crippen LogP contribution in [0.4, 0.5) is 4.79 Å². The number of ether oxygens (including phenoxy) is 1. The Bertz CT molecular complexity index is 305. The maximum atomic E-state index is 12.0. The predicted octanol–water partition coefficient (Wildman–Crippen LogP) is 3.29. The van der Waals surface area contributed by atoms with Crippen LogP contribution in [-0.4, -0.2) is 29.2 Å². The Balaban J connectivity index is 4.78. The molecule has 0 unspecified atom stereocenters. The molecule has 0 saturated heterocycles. The summed E-state index contributed by atoms with van der Waals surface area (Å²) in [6.45, 7) is 13.9.